The number of para-hydroxylation sites is 1. The van der Waals surface area contributed by atoms with Gasteiger partial charge in [0.25, 0.3) is 0 Å². The molecule has 0 saturated heterocycles. The summed E-state index contributed by atoms with van der Waals surface area (Å²) in [7, 11) is -0.469. The Morgan fingerprint density at radius 3 is 2.26 bits per heavy atom. The number of halogens is 3. The molecule has 0 unspecified atom stereocenters. The second kappa shape index (κ2) is 9.56. The number of anilines is 2. The Hall–Kier alpha value is -2.14. The van der Waals surface area contributed by atoms with E-state index in [2.05, 4.69) is 20.0 Å². The minimum Gasteiger partial charge on any atom is -0.362 e. The van der Waals surface area contributed by atoms with Gasteiger partial charge in [0.2, 0.25) is 16.0 Å². The molecular weight excluding hydrogens is 431 g/mol. The van der Waals surface area contributed by atoms with Gasteiger partial charge in [-0.15, -0.1) is 0 Å². The van der Waals surface area contributed by atoms with Gasteiger partial charge < -0.3 is 10.2 Å². The zero-order valence-corrected chi connectivity index (χ0v) is 18.4. The van der Waals surface area contributed by atoms with Crippen LogP contribution in [-0.2, 0) is 10.0 Å². The van der Waals surface area contributed by atoms with Gasteiger partial charge in [0, 0.05) is 32.6 Å². The molecule has 7 nitrogen and oxygen atoms in total. The maximum atomic E-state index is 12.3. The number of fused-ring (bicyclic) bond motifs is 1. The lowest BCUT2D eigenvalue weighted by atomic mass is 9.82. The average molecular weight is 460 g/mol. The van der Waals surface area contributed by atoms with Crippen LogP contribution in [0.15, 0.2) is 24.3 Å². The third-order valence-electron chi connectivity index (χ3n) is 5.47. The van der Waals surface area contributed by atoms with Gasteiger partial charge in [-0.3, -0.25) is 0 Å². The molecule has 0 radical (unpaired) electrons. The van der Waals surface area contributed by atoms with Crippen molar-refractivity contribution in [2.75, 3.05) is 43.2 Å². The van der Waals surface area contributed by atoms with Crippen LogP contribution in [0.2, 0.25) is 0 Å². The monoisotopic (exact) mass is 459 g/mol. The van der Waals surface area contributed by atoms with Crippen molar-refractivity contribution in [2.45, 2.75) is 31.9 Å². The molecule has 2 aromatic rings. The quantitative estimate of drug-likeness (QED) is 0.629. The number of nitrogens with one attached hydrogen (secondary N) is 2. The molecule has 172 valence electrons. The van der Waals surface area contributed by atoms with Crippen molar-refractivity contribution < 1.29 is 21.6 Å². The molecular formula is C20H28F3N5O2S. The fourth-order valence-corrected chi connectivity index (χ4v) is 4.89. The maximum Gasteiger partial charge on any atom is 0.404 e. The molecule has 1 aromatic carbocycles. The predicted molar refractivity (Wildman–Crippen MR) is 116 cm³/mol. The summed E-state index contributed by atoms with van der Waals surface area (Å²) in [6, 6.07) is 7.81. The molecule has 1 aliphatic rings. The summed E-state index contributed by atoms with van der Waals surface area (Å²) >= 11 is 0. The van der Waals surface area contributed by atoms with Crippen LogP contribution in [-0.4, -0.2) is 57.5 Å². The van der Waals surface area contributed by atoms with Gasteiger partial charge in [-0.1, -0.05) is 12.1 Å². The largest absolute Gasteiger partial charge is 0.404 e. The zero-order chi connectivity index (χ0) is 22.6. The van der Waals surface area contributed by atoms with E-state index in [9.17, 15) is 21.6 Å². The van der Waals surface area contributed by atoms with Crippen LogP contribution >= 0.6 is 0 Å². The van der Waals surface area contributed by atoms with Crippen LogP contribution in [0.3, 0.4) is 0 Å². The first-order chi connectivity index (χ1) is 14.5. The van der Waals surface area contributed by atoms with Crippen molar-refractivity contribution in [1.29, 1.82) is 0 Å². The Balaban J connectivity index is 1.50. The normalized spacial score (nSPS) is 20.0. The average Bonchev–Trinajstić information content (AvgIpc) is 2.69. The number of rotatable bonds is 8. The minimum atomic E-state index is -4.73. The van der Waals surface area contributed by atoms with Crippen molar-refractivity contribution in [3.05, 3.63) is 24.3 Å². The molecule has 0 bridgehead atoms. The van der Waals surface area contributed by atoms with Gasteiger partial charge in [-0.25, -0.2) is 18.1 Å². The number of hydrogen-bond donors (Lipinski definition) is 2. The summed E-state index contributed by atoms with van der Waals surface area (Å²) in [5.41, 5.74) is 0.860. The molecule has 1 fully saturated rings. The van der Waals surface area contributed by atoms with Gasteiger partial charge in [0.05, 0.1) is 5.52 Å². The minimum absolute atomic E-state index is 0.0523. The van der Waals surface area contributed by atoms with Crippen molar-refractivity contribution in [3.63, 3.8) is 0 Å². The van der Waals surface area contributed by atoms with Crippen LogP contribution < -0.4 is 14.9 Å². The number of sulfonamides is 1. The molecule has 0 atom stereocenters. The first kappa shape index (κ1) is 23.5. The third-order valence-corrected chi connectivity index (χ3v) is 6.78. The second-order valence-corrected chi connectivity index (χ2v) is 10.1. The van der Waals surface area contributed by atoms with Crippen LogP contribution in [0.5, 0.6) is 0 Å². The molecule has 1 saturated carbocycles. The number of benzene rings is 1. The highest BCUT2D eigenvalue weighted by Gasteiger charge is 2.35. The summed E-state index contributed by atoms with van der Waals surface area (Å²) in [6.45, 7) is 0.746. The molecule has 0 amide bonds. The Bertz CT molecular complexity index is 990. The Labute approximate surface area is 180 Å². The van der Waals surface area contributed by atoms with Gasteiger partial charge in [0.15, 0.2) is 5.75 Å². The van der Waals surface area contributed by atoms with E-state index in [-0.39, 0.29) is 12.5 Å². The molecule has 0 aliphatic heterocycles. The summed E-state index contributed by atoms with van der Waals surface area (Å²) in [5.74, 6) is -0.00947. The van der Waals surface area contributed by atoms with E-state index >= 15 is 0 Å². The second-order valence-electron chi connectivity index (χ2n) is 8.27. The highest BCUT2D eigenvalue weighted by atomic mass is 32.2. The van der Waals surface area contributed by atoms with Crippen molar-refractivity contribution in [2.24, 2.45) is 11.8 Å². The number of alkyl halides is 3. The lowest BCUT2D eigenvalue weighted by molar-refractivity contribution is -0.106. The van der Waals surface area contributed by atoms with Crippen LogP contribution in [0.25, 0.3) is 10.9 Å². The molecule has 1 heterocycles. The maximum absolute atomic E-state index is 12.3. The highest BCUT2D eigenvalue weighted by molar-refractivity contribution is 7.89. The number of aromatic nitrogens is 2. The first-order valence-corrected chi connectivity index (χ1v) is 11.9. The molecule has 3 rings (SSSR count). The van der Waals surface area contributed by atoms with Crippen LogP contribution in [0.1, 0.15) is 25.7 Å². The van der Waals surface area contributed by atoms with Crippen LogP contribution in [0, 0.1) is 11.8 Å². The first-order valence-electron chi connectivity index (χ1n) is 10.2. The lowest BCUT2D eigenvalue weighted by Crippen LogP contribution is -2.37. The fraction of sp³-hybridized carbons (Fsp3) is 0.600. The predicted octanol–water partition coefficient (Wildman–Crippen LogP) is 3.40. The molecule has 1 aliphatic carbocycles. The van der Waals surface area contributed by atoms with E-state index in [1.54, 1.807) is 0 Å². The van der Waals surface area contributed by atoms with E-state index in [0.717, 1.165) is 42.4 Å². The van der Waals surface area contributed by atoms with Gasteiger partial charge in [0.1, 0.15) is 5.82 Å². The van der Waals surface area contributed by atoms with E-state index < -0.39 is 22.0 Å². The topological polar surface area (TPSA) is 87.2 Å². The van der Waals surface area contributed by atoms with Gasteiger partial charge in [-0.05, 0) is 49.7 Å². The lowest BCUT2D eigenvalue weighted by Gasteiger charge is -2.29. The standard InChI is InChI=1S/C20H28F3N5O2S/c1-28(2)18-16-5-3-4-6-17(16)26-19(27-18)24-11-14-7-9-15(10-8-14)12-25-31(29,30)13-20(21,22)23/h3-6,14-15,25H,7-13H2,1-2H3,(H,24,26,27). The summed E-state index contributed by atoms with van der Waals surface area (Å²) in [6.07, 6.45) is -1.46. The third kappa shape index (κ3) is 6.93. The Morgan fingerprint density at radius 2 is 1.65 bits per heavy atom. The molecule has 0 spiro atoms. The van der Waals surface area contributed by atoms with E-state index in [1.165, 1.54) is 0 Å². The highest BCUT2D eigenvalue weighted by Crippen LogP contribution is 2.29. The number of hydrogen-bond acceptors (Lipinski definition) is 6. The van der Waals surface area contributed by atoms with E-state index in [4.69, 9.17) is 0 Å². The smallest absolute Gasteiger partial charge is 0.362 e. The number of nitrogens with zero attached hydrogens (tertiary/aromatic N) is 3. The summed E-state index contributed by atoms with van der Waals surface area (Å²) < 4.78 is 62.1. The summed E-state index contributed by atoms with van der Waals surface area (Å²) in [4.78, 5) is 11.2. The Morgan fingerprint density at radius 1 is 1.03 bits per heavy atom. The van der Waals surface area contributed by atoms with E-state index in [1.807, 2.05) is 43.3 Å². The fourth-order valence-electron chi connectivity index (χ4n) is 3.87. The molecule has 1 aromatic heterocycles. The zero-order valence-electron chi connectivity index (χ0n) is 17.6. The van der Waals surface area contributed by atoms with Crippen molar-refractivity contribution in [1.82, 2.24) is 14.7 Å². The van der Waals surface area contributed by atoms with E-state index in [0.29, 0.717) is 18.4 Å². The summed E-state index contributed by atoms with van der Waals surface area (Å²) in [5, 5.41) is 4.29. The molecule has 11 heteroatoms. The molecule has 31 heavy (non-hydrogen) atoms. The van der Waals surface area contributed by atoms with Crippen molar-refractivity contribution in [3.8, 4) is 0 Å². The molecule has 2 N–H and O–H groups in total. The van der Waals surface area contributed by atoms with Crippen molar-refractivity contribution >= 4 is 32.7 Å². The van der Waals surface area contributed by atoms with Gasteiger partial charge >= 0.3 is 6.18 Å². The SMILES string of the molecule is CN(C)c1nc(NCC2CCC(CNS(=O)(=O)CC(F)(F)F)CC2)nc2ccccc12. The Kier molecular flexibility index (Phi) is 7.25. The van der Waals surface area contributed by atoms with Crippen LogP contribution in [0.4, 0.5) is 24.9 Å². The van der Waals surface area contributed by atoms with Gasteiger partial charge in [-0.2, -0.15) is 18.2 Å².